The first kappa shape index (κ1) is 20.4. The van der Waals surface area contributed by atoms with Crippen LogP contribution in [0, 0.1) is 0 Å². The van der Waals surface area contributed by atoms with Crippen molar-refractivity contribution in [3.63, 3.8) is 0 Å². The molecule has 26 heavy (non-hydrogen) atoms. The zero-order valence-corrected chi connectivity index (χ0v) is 15.8. The van der Waals surface area contributed by atoms with E-state index in [4.69, 9.17) is 5.11 Å². The fraction of sp³-hybridized carbons (Fsp3) is 0.556. The number of carbonyl (C=O) groups is 2. The van der Waals surface area contributed by atoms with Crippen molar-refractivity contribution in [2.24, 2.45) is 0 Å². The standard InChI is InChI=1S/C18H26N2O5S/c1-14(18(22)23)19-17(21)11-8-15-6-9-16(10-7-15)26(24,25)20-12-4-2-3-5-13-20/h6-7,9-10,14H,2-5,8,11-13H2,1H3,(H,19,21)(H,22,23)/t14-/m0/s1. The number of carboxylic acid groups (broad SMARTS) is 1. The van der Waals surface area contributed by atoms with Gasteiger partial charge in [-0.1, -0.05) is 25.0 Å². The number of nitrogens with one attached hydrogen (secondary N) is 1. The zero-order valence-electron chi connectivity index (χ0n) is 15.0. The molecule has 0 radical (unpaired) electrons. The Morgan fingerprint density at radius 2 is 1.69 bits per heavy atom. The van der Waals surface area contributed by atoms with Crippen molar-refractivity contribution in [1.29, 1.82) is 0 Å². The summed E-state index contributed by atoms with van der Waals surface area (Å²) in [6.45, 7) is 2.53. The number of sulfonamides is 1. The molecule has 0 saturated carbocycles. The quantitative estimate of drug-likeness (QED) is 0.748. The van der Waals surface area contributed by atoms with E-state index in [2.05, 4.69) is 5.32 Å². The Balaban J connectivity index is 1.95. The van der Waals surface area contributed by atoms with Crippen LogP contribution in [0.5, 0.6) is 0 Å². The van der Waals surface area contributed by atoms with Crippen molar-refractivity contribution in [2.75, 3.05) is 13.1 Å². The van der Waals surface area contributed by atoms with Crippen molar-refractivity contribution >= 4 is 21.9 Å². The molecule has 7 nitrogen and oxygen atoms in total. The van der Waals surface area contributed by atoms with Gasteiger partial charge in [-0.25, -0.2) is 8.42 Å². The summed E-state index contributed by atoms with van der Waals surface area (Å²) < 4.78 is 27.0. The first-order valence-corrected chi connectivity index (χ1v) is 10.4. The Morgan fingerprint density at radius 3 is 2.23 bits per heavy atom. The SMILES string of the molecule is C[C@H](NC(=O)CCc1ccc(S(=O)(=O)N2CCCCCC2)cc1)C(=O)O. The molecular weight excluding hydrogens is 356 g/mol. The first-order chi connectivity index (χ1) is 12.3. The van der Waals surface area contributed by atoms with Gasteiger partial charge in [0.1, 0.15) is 6.04 Å². The highest BCUT2D eigenvalue weighted by atomic mass is 32.2. The number of amides is 1. The maximum absolute atomic E-state index is 12.7. The predicted octanol–water partition coefficient (Wildman–Crippen LogP) is 1.77. The third kappa shape index (κ3) is 5.54. The number of hydrogen-bond donors (Lipinski definition) is 2. The molecule has 0 spiro atoms. The molecule has 144 valence electrons. The molecule has 1 amide bonds. The topological polar surface area (TPSA) is 104 Å². The van der Waals surface area contributed by atoms with Gasteiger partial charge in [-0.3, -0.25) is 9.59 Å². The molecule has 0 aliphatic carbocycles. The molecule has 1 aliphatic rings. The van der Waals surface area contributed by atoms with Gasteiger partial charge in [0.25, 0.3) is 0 Å². The van der Waals surface area contributed by atoms with Crippen LogP contribution in [0.25, 0.3) is 0 Å². The summed E-state index contributed by atoms with van der Waals surface area (Å²) in [6.07, 6.45) is 4.47. The number of carboxylic acids is 1. The van der Waals surface area contributed by atoms with E-state index in [9.17, 15) is 18.0 Å². The lowest BCUT2D eigenvalue weighted by molar-refractivity contribution is -0.141. The van der Waals surface area contributed by atoms with Gasteiger partial charge in [-0.15, -0.1) is 0 Å². The van der Waals surface area contributed by atoms with Crippen LogP contribution in [0.4, 0.5) is 0 Å². The lowest BCUT2D eigenvalue weighted by atomic mass is 10.1. The van der Waals surface area contributed by atoms with Gasteiger partial charge in [0.15, 0.2) is 0 Å². The summed E-state index contributed by atoms with van der Waals surface area (Å²) >= 11 is 0. The van der Waals surface area contributed by atoms with Gasteiger partial charge in [-0.2, -0.15) is 4.31 Å². The highest BCUT2D eigenvalue weighted by Gasteiger charge is 2.24. The van der Waals surface area contributed by atoms with Crippen molar-refractivity contribution in [3.05, 3.63) is 29.8 Å². The summed E-state index contributed by atoms with van der Waals surface area (Å²) in [5.74, 6) is -1.43. The maximum atomic E-state index is 12.7. The number of aliphatic carboxylic acids is 1. The molecule has 2 rings (SSSR count). The van der Waals surface area contributed by atoms with Crippen LogP contribution in [0.3, 0.4) is 0 Å². The molecule has 1 atom stereocenters. The smallest absolute Gasteiger partial charge is 0.325 e. The largest absolute Gasteiger partial charge is 0.480 e. The van der Waals surface area contributed by atoms with Gasteiger partial charge >= 0.3 is 5.97 Å². The monoisotopic (exact) mass is 382 g/mol. The van der Waals surface area contributed by atoms with E-state index in [1.54, 1.807) is 28.6 Å². The summed E-state index contributed by atoms with van der Waals surface area (Å²) in [7, 11) is -3.47. The Labute approximate surface area is 154 Å². The van der Waals surface area contributed by atoms with E-state index in [0.717, 1.165) is 31.2 Å². The van der Waals surface area contributed by atoms with E-state index in [-0.39, 0.29) is 17.2 Å². The number of carbonyl (C=O) groups excluding carboxylic acids is 1. The van der Waals surface area contributed by atoms with Crippen molar-refractivity contribution in [2.45, 2.75) is 56.4 Å². The van der Waals surface area contributed by atoms with E-state index in [1.165, 1.54) is 6.92 Å². The lowest BCUT2D eigenvalue weighted by Crippen LogP contribution is -2.38. The van der Waals surface area contributed by atoms with Crippen LogP contribution in [0.1, 0.15) is 44.6 Å². The van der Waals surface area contributed by atoms with Crippen LogP contribution < -0.4 is 5.32 Å². The van der Waals surface area contributed by atoms with E-state index in [0.29, 0.717) is 19.5 Å². The van der Waals surface area contributed by atoms with Crippen LogP contribution >= 0.6 is 0 Å². The van der Waals surface area contributed by atoms with Gasteiger partial charge in [0, 0.05) is 19.5 Å². The average Bonchev–Trinajstić information content (AvgIpc) is 2.90. The molecule has 1 heterocycles. The number of benzene rings is 1. The number of hydrogen-bond acceptors (Lipinski definition) is 4. The molecular formula is C18H26N2O5S. The highest BCUT2D eigenvalue weighted by molar-refractivity contribution is 7.89. The lowest BCUT2D eigenvalue weighted by Gasteiger charge is -2.20. The van der Waals surface area contributed by atoms with E-state index < -0.39 is 22.0 Å². The molecule has 8 heteroatoms. The van der Waals surface area contributed by atoms with Gasteiger partial charge in [-0.05, 0) is 43.9 Å². The molecule has 0 bridgehead atoms. The number of nitrogens with zero attached hydrogens (tertiary/aromatic N) is 1. The second-order valence-corrected chi connectivity index (χ2v) is 8.53. The Kier molecular flexibility index (Phi) is 7.16. The minimum absolute atomic E-state index is 0.149. The van der Waals surface area contributed by atoms with Crippen molar-refractivity contribution < 1.29 is 23.1 Å². The maximum Gasteiger partial charge on any atom is 0.325 e. The molecule has 2 N–H and O–H groups in total. The Hall–Kier alpha value is -1.93. The van der Waals surface area contributed by atoms with E-state index in [1.807, 2.05) is 0 Å². The fourth-order valence-corrected chi connectivity index (χ4v) is 4.41. The molecule has 1 aromatic rings. The fourth-order valence-electron chi connectivity index (χ4n) is 2.89. The molecule has 0 aromatic heterocycles. The number of aryl methyl sites for hydroxylation is 1. The third-order valence-corrected chi connectivity index (χ3v) is 6.43. The summed E-state index contributed by atoms with van der Waals surface area (Å²) in [5.41, 5.74) is 0.831. The summed E-state index contributed by atoms with van der Waals surface area (Å²) in [4.78, 5) is 22.7. The Bertz CT molecular complexity index is 722. The van der Waals surface area contributed by atoms with Crippen LogP contribution in [-0.4, -0.2) is 48.8 Å². The third-order valence-electron chi connectivity index (χ3n) is 4.51. The minimum Gasteiger partial charge on any atom is -0.480 e. The van der Waals surface area contributed by atoms with Gasteiger partial charge < -0.3 is 10.4 Å². The average molecular weight is 382 g/mol. The second-order valence-electron chi connectivity index (χ2n) is 6.59. The zero-order chi connectivity index (χ0) is 19.2. The normalized spacial score (nSPS) is 17.3. The molecule has 1 saturated heterocycles. The van der Waals surface area contributed by atoms with Gasteiger partial charge in [0.2, 0.25) is 15.9 Å². The van der Waals surface area contributed by atoms with E-state index >= 15 is 0 Å². The van der Waals surface area contributed by atoms with Crippen molar-refractivity contribution in [3.8, 4) is 0 Å². The first-order valence-electron chi connectivity index (χ1n) is 8.92. The summed E-state index contributed by atoms with van der Waals surface area (Å²) in [5, 5.41) is 11.2. The molecule has 0 unspecified atom stereocenters. The van der Waals surface area contributed by atoms with Gasteiger partial charge in [0.05, 0.1) is 4.90 Å². The van der Waals surface area contributed by atoms with Crippen LogP contribution in [-0.2, 0) is 26.0 Å². The molecule has 1 aliphatic heterocycles. The predicted molar refractivity (Wildman–Crippen MR) is 97.2 cm³/mol. The van der Waals surface area contributed by atoms with Crippen molar-refractivity contribution in [1.82, 2.24) is 9.62 Å². The second kappa shape index (κ2) is 9.14. The minimum atomic E-state index is -3.47. The van der Waals surface area contributed by atoms with Crippen LogP contribution in [0.2, 0.25) is 0 Å². The number of rotatable bonds is 7. The molecule has 1 aromatic carbocycles. The Morgan fingerprint density at radius 1 is 1.12 bits per heavy atom. The molecule has 1 fully saturated rings. The van der Waals surface area contributed by atoms with Crippen LogP contribution in [0.15, 0.2) is 29.2 Å². The summed E-state index contributed by atoms with van der Waals surface area (Å²) in [6, 6.07) is 5.64. The highest BCUT2D eigenvalue weighted by Crippen LogP contribution is 2.21.